The maximum Gasteiger partial charge on any atom is 0.302 e. The maximum absolute atomic E-state index is 13.9. The van der Waals surface area contributed by atoms with Crippen LogP contribution in [0.3, 0.4) is 0 Å². The molecule has 1 amide bonds. The van der Waals surface area contributed by atoms with Gasteiger partial charge in [-0.1, -0.05) is 42.5 Å². The van der Waals surface area contributed by atoms with Gasteiger partial charge in [-0.3, -0.25) is 19.4 Å². The predicted molar refractivity (Wildman–Crippen MR) is 179 cm³/mol. The fourth-order valence-corrected chi connectivity index (χ4v) is 6.87. The molecule has 6 atom stereocenters. The highest BCUT2D eigenvalue weighted by Crippen LogP contribution is 2.49. The number of ether oxygens (including phenoxy) is 2. The minimum atomic E-state index is -1.89. The van der Waals surface area contributed by atoms with Crippen molar-refractivity contribution in [1.82, 2.24) is 0 Å². The number of nitrogens with zero attached hydrogens (tertiary/aromatic N) is 4. The summed E-state index contributed by atoms with van der Waals surface area (Å²) in [5.74, 6) is -3.96. The molecule has 0 radical (unpaired) electrons. The number of guanidine groups is 1. The Balaban J connectivity index is 1.42. The number of aliphatic hydroxyl groups is 5. The van der Waals surface area contributed by atoms with Gasteiger partial charge >= 0.3 is 5.91 Å². The number of aromatic hydroxyl groups is 1. The molecule has 3 heterocycles. The van der Waals surface area contributed by atoms with Crippen LogP contribution >= 0.6 is 0 Å². The lowest BCUT2D eigenvalue weighted by Gasteiger charge is -2.40. The zero-order valence-corrected chi connectivity index (χ0v) is 26.8. The van der Waals surface area contributed by atoms with Gasteiger partial charge in [0.1, 0.15) is 31.1 Å². The molecule has 4 aliphatic rings. The number of hydrogen-bond donors (Lipinski definition) is 7. The predicted octanol–water partition coefficient (Wildman–Crippen LogP) is -0.277. The van der Waals surface area contributed by atoms with E-state index < -0.39 is 72.2 Å². The molecule has 7 rings (SSSR count). The first-order valence-electron chi connectivity index (χ1n) is 16.1. The van der Waals surface area contributed by atoms with Crippen molar-refractivity contribution in [2.75, 3.05) is 24.8 Å². The van der Waals surface area contributed by atoms with E-state index in [1.165, 1.54) is 18.2 Å². The number of carbonyl (C=O) groups excluding carboxylic acids is 3. The van der Waals surface area contributed by atoms with Gasteiger partial charge in [-0.15, -0.1) is 0 Å². The summed E-state index contributed by atoms with van der Waals surface area (Å²) >= 11 is 0. The summed E-state index contributed by atoms with van der Waals surface area (Å²) in [5, 5.41) is 63.6. The number of amides is 1. The van der Waals surface area contributed by atoms with Gasteiger partial charge in [-0.05, 0) is 30.5 Å². The zero-order valence-electron chi connectivity index (χ0n) is 26.8. The van der Waals surface area contributed by atoms with Gasteiger partial charge in [0.05, 0.1) is 12.2 Å². The van der Waals surface area contributed by atoms with Gasteiger partial charge in [0.2, 0.25) is 12.2 Å². The van der Waals surface area contributed by atoms with E-state index in [1.54, 1.807) is 41.3 Å². The highest BCUT2D eigenvalue weighted by atomic mass is 16.7. The van der Waals surface area contributed by atoms with Crippen molar-refractivity contribution in [3.05, 3.63) is 88.0 Å². The number of phenols is 1. The summed E-state index contributed by atoms with van der Waals surface area (Å²) in [6.45, 7) is -1.04. The number of phenolic OH excluding ortho intramolecular Hbond substituents is 1. The summed E-state index contributed by atoms with van der Waals surface area (Å²) in [6, 6.07) is 14.5. The van der Waals surface area contributed by atoms with E-state index in [9.17, 15) is 45.0 Å². The van der Waals surface area contributed by atoms with Crippen molar-refractivity contribution < 1.29 is 54.5 Å². The molecule has 16 heteroatoms. The second-order valence-corrected chi connectivity index (χ2v) is 12.3. The third kappa shape index (κ3) is 5.67. The van der Waals surface area contributed by atoms with Crippen LogP contribution in [0.5, 0.6) is 11.5 Å². The van der Waals surface area contributed by atoms with Gasteiger partial charge < -0.3 is 50.7 Å². The molecule has 6 unspecified atom stereocenters. The highest BCUT2D eigenvalue weighted by molar-refractivity contribution is 6.72. The Morgan fingerprint density at radius 1 is 0.902 bits per heavy atom. The first-order chi connectivity index (χ1) is 24.5. The largest absolute Gasteiger partial charge is 0.504 e. The van der Waals surface area contributed by atoms with Crippen LogP contribution in [-0.4, -0.2) is 116 Å². The van der Waals surface area contributed by atoms with E-state index in [2.05, 4.69) is 15.0 Å². The Morgan fingerprint density at radius 3 is 2.33 bits per heavy atom. The summed E-state index contributed by atoms with van der Waals surface area (Å²) in [6.07, 6.45) is -8.19. The summed E-state index contributed by atoms with van der Waals surface area (Å²) in [7, 11) is 0. The number of fused-ring (bicyclic) bond motifs is 3. The Bertz CT molecular complexity index is 2040. The number of rotatable bonds is 9. The van der Waals surface area contributed by atoms with Gasteiger partial charge in [-0.25, -0.2) is 0 Å². The number of anilines is 1. The van der Waals surface area contributed by atoms with E-state index in [0.717, 1.165) is 0 Å². The van der Waals surface area contributed by atoms with Gasteiger partial charge in [0.25, 0.3) is 0 Å². The standard InChI is InChI=1S/C35H33N5O11/c36-35-38-32-24(33(49)39-35)37-14-40(32)21-10-4-3-6-16(21)15(9-5-11-41)19-12-20-23(26(44)18-8-2-1-7-17(18)25(20)43)28(46)31(19)51-34-30(48)29(47)27(45)22(13-42)50-34/h1-4,6-8,10,12,15,22,27,29-30,34,41-42,45-48H,5,9,11,13-14H2,(H2,36,39,49). The maximum atomic E-state index is 13.9. The number of aliphatic hydroxyl groups excluding tert-OH is 5. The highest BCUT2D eigenvalue weighted by Gasteiger charge is 2.46. The lowest BCUT2D eigenvalue weighted by molar-refractivity contribution is -0.277. The second kappa shape index (κ2) is 13.4. The van der Waals surface area contributed by atoms with Gasteiger partial charge in [-0.2, -0.15) is 9.98 Å². The quantitative estimate of drug-likeness (QED) is 0.119. The minimum Gasteiger partial charge on any atom is -0.504 e. The van der Waals surface area contributed by atoms with Crippen LogP contribution in [0.15, 0.2) is 69.6 Å². The summed E-state index contributed by atoms with van der Waals surface area (Å²) in [4.78, 5) is 54.3. The Kier molecular flexibility index (Phi) is 8.96. The Labute approximate surface area is 289 Å². The summed E-state index contributed by atoms with van der Waals surface area (Å²) in [5.41, 5.74) is 6.66. The van der Waals surface area contributed by atoms with Crippen LogP contribution in [0.2, 0.25) is 0 Å². The van der Waals surface area contributed by atoms with Gasteiger partial charge in [0, 0.05) is 40.5 Å². The third-order valence-corrected chi connectivity index (χ3v) is 9.36. The molecular formula is C35H33N5O11. The number of hydrogen-bond acceptors (Lipinski definition) is 15. The van der Waals surface area contributed by atoms with Crippen molar-refractivity contribution in [1.29, 1.82) is 0 Å². The average Bonchev–Trinajstić information content (AvgIpc) is 3.56. The second-order valence-electron chi connectivity index (χ2n) is 12.3. The van der Waals surface area contributed by atoms with Crippen molar-refractivity contribution >= 4 is 40.7 Å². The van der Waals surface area contributed by atoms with Crippen LogP contribution in [0.1, 0.15) is 61.7 Å². The lowest BCUT2D eigenvalue weighted by atomic mass is 9.78. The molecule has 8 N–H and O–H groups in total. The molecule has 3 aliphatic heterocycles. The Morgan fingerprint density at radius 2 is 1.61 bits per heavy atom. The van der Waals surface area contributed by atoms with E-state index in [4.69, 9.17) is 15.2 Å². The first kappa shape index (κ1) is 34.1. The number of amidine groups is 1. The molecular weight excluding hydrogens is 666 g/mol. The van der Waals surface area contributed by atoms with Crippen molar-refractivity contribution in [3.63, 3.8) is 0 Å². The normalized spacial score (nSPS) is 24.6. The number of carbonyl (C=O) groups is 3. The van der Waals surface area contributed by atoms with E-state index in [-0.39, 0.29) is 71.4 Å². The molecule has 3 aromatic rings. The SMILES string of the molecule is NC1=NC(=O)C2=NCN(c3ccccc3C(CCCO)c3cc4c(c(O)c3OC3OC(CO)C(O)C(O)C3O)C(=O)c3ccccc3C4=O)C2=N1. The topological polar surface area (TPSA) is 257 Å². The molecule has 1 saturated heterocycles. The van der Waals surface area contributed by atoms with Crippen molar-refractivity contribution in [2.45, 2.75) is 49.5 Å². The van der Waals surface area contributed by atoms with Crippen LogP contribution < -0.4 is 15.4 Å². The fourth-order valence-electron chi connectivity index (χ4n) is 6.87. The first-order valence-corrected chi connectivity index (χ1v) is 16.1. The average molecular weight is 700 g/mol. The summed E-state index contributed by atoms with van der Waals surface area (Å²) < 4.78 is 11.7. The number of aliphatic imine (C=N–C) groups is 3. The minimum absolute atomic E-state index is 0.00625. The van der Waals surface area contributed by atoms with Crippen LogP contribution in [0.4, 0.5) is 5.69 Å². The van der Waals surface area contributed by atoms with Crippen LogP contribution in [-0.2, 0) is 9.53 Å². The molecule has 0 saturated carbocycles. The van der Waals surface area contributed by atoms with E-state index in [0.29, 0.717) is 11.3 Å². The zero-order chi connectivity index (χ0) is 36.1. The molecule has 51 heavy (non-hydrogen) atoms. The van der Waals surface area contributed by atoms with E-state index >= 15 is 0 Å². The molecule has 1 aliphatic carbocycles. The van der Waals surface area contributed by atoms with Crippen LogP contribution in [0.25, 0.3) is 0 Å². The van der Waals surface area contributed by atoms with Crippen molar-refractivity contribution in [2.24, 2.45) is 20.7 Å². The fraction of sp³-hybridized carbons (Fsp3) is 0.314. The monoisotopic (exact) mass is 699 g/mol. The Hall–Kier alpha value is -5.36. The van der Waals surface area contributed by atoms with Crippen molar-refractivity contribution in [3.8, 4) is 11.5 Å². The number of nitrogens with two attached hydrogens (primary N) is 1. The molecule has 0 bridgehead atoms. The lowest BCUT2D eigenvalue weighted by Crippen LogP contribution is -2.60. The van der Waals surface area contributed by atoms with E-state index in [1.807, 2.05) is 0 Å². The third-order valence-electron chi connectivity index (χ3n) is 9.36. The molecule has 1 fully saturated rings. The number of benzene rings is 3. The van der Waals surface area contributed by atoms with Crippen LogP contribution in [0, 0.1) is 0 Å². The molecule has 264 valence electrons. The molecule has 0 aromatic heterocycles. The molecule has 16 nitrogen and oxygen atoms in total. The number of para-hydroxylation sites is 1. The molecule has 3 aromatic carbocycles. The smallest absolute Gasteiger partial charge is 0.302 e. The van der Waals surface area contributed by atoms with Gasteiger partial charge in [0.15, 0.2) is 34.6 Å². The number of ketones is 2. The molecule has 0 spiro atoms.